The van der Waals surface area contributed by atoms with Crippen LogP contribution < -0.4 is 14.8 Å². The Morgan fingerprint density at radius 2 is 2.29 bits per heavy atom. The van der Waals surface area contributed by atoms with Gasteiger partial charge in [0.1, 0.15) is 18.1 Å². The predicted octanol–water partition coefficient (Wildman–Crippen LogP) is 1.60. The zero-order valence-corrected chi connectivity index (χ0v) is 8.89. The molecule has 1 aliphatic rings. The summed E-state index contributed by atoms with van der Waals surface area (Å²) in [6.07, 6.45) is 0. The van der Waals surface area contributed by atoms with Crippen molar-refractivity contribution in [3.05, 3.63) is 23.8 Å². The number of ether oxygens (including phenoxy) is 2. The molecular formula is C10H14ClNO2. The van der Waals surface area contributed by atoms with Crippen LogP contribution in [0.5, 0.6) is 11.5 Å². The van der Waals surface area contributed by atoms with E-state index in [1.165, 1.54) is 5.56 Å². The van der Waals surface area contributed by atoms with E-state index in [4.69, 9.17) is 9.47 Å². The molecule has 0 aromatic heterocycles. The van der Waals surface area contributed by atoms with Gasteiger partial charge < -0.3 is 14.8 Å². The maximum Gasteiger partial charge on any atom is 0.127 e. The highest BCUT2D eigenvalue weighted by Crippen LogP contribution is 2.25. The monoisotopic (exact) mass is 215 g/mol. The molecule has 1 aromatic carbocycles. The van der Waals surface area contributed by atoms with Gasteiger partial charge in [0.05, 0.1) is 7.11 Å². The number of benzene rings is 1. The van der Waals surface area contributed by atoms with Crippen LogP contribution in [0.3, 0.4) is 0 Å². The van der Waals surface area contributed by atoms with Gasteiger partial charge in [-0.25, -0.2) is 0 Å². The van der Waals surface area contributed by atoms with Crippen molar-refractivity contribution in [3.8, 4) is 11.5 Å². The largest absolute Gasteiger partial charge is 0.497 e. The van der Waals surface area contributed by atoms with Crippen LogP contribution in [-0.4, -0.2) is 20.3 Å². The Labute approximate surface area is 89.8 Å². The highest BCUT2D eigenvalue weighted by molar-refractivity contribution is 5.85. The zero-order chi connectivity index (χ0) is 9.10. The standard InChI is InChI=1S/C10H13NO2.ClH/c1-12-9-3-2-8-7-11-4-5-13-10(8)6-9;/h2-3,6,11H,4-5,7H2,1H3;1H. The fourth-order valence-electron chi connectivity index (χ4n) is 1.40. The predicted molar refractivity (Wildman–Crippen MR) is 57.4 cm³/mol. The lowest BCUT2D eigenvalue weighted by molar-refractivity contribution is 0.323. The van der Waals surface area contributed by atoms with Crippen molar-refractivity contribution in [2.24, 2.45) is 0 Å². The molecule has 2 rings (SSSR count). The zero-order valence-electron chi connectivity index (χ0n) is 8.08. The second-order valence-corrected chi connectivity index (χ2v) is 3.00. The molecule has 0 bridgehead atoms. The van der Waals surface area contributed by atoms with Gasteiger partial charge >= 0.3 is 0 Å². The van der Waals surface area contributed by atoms with Crippen LogP contribution in [0.15, 0.2) is 18.2 Å². The normalized spacial score (nSPS) is 14.4. The summed E-state index contributed by atoms with van der Waals surface area (Å²) in [5.74, 6) is 1.78. The fraction of sp³-hybridized carbons (Fsp3) is 0.400. The number of halogens is 1. The molecular weight excluding hydrogens is 202 g/mol. The Morgan fingerprint density at radius 1 is 1.43 bits per heavy atom. The van der Waals surface area contributed by atoms with Crippen molar-refractivity contribution in [2.75, 3.05) is 20.3 Å². The summed E-state index contributed by atoms with van der Waals surface area (Å²) in [7, 11) is 1.66. The summed E-state index contributed by atoms with van der Waals surface area (Å²) >= 11 is 0. The van der Waals surface area contributed by atoms with Gasteiger partial charge in [-0.1, -0.05) is 6.07 Å². The molecule has 78 valence electrons. The lowest BCUT2D eigenvalue weighted by Crippen LogP contribution is -2.16. The van der Waals surface area contributed by atoms with Crippen molar-refractivity contribution in [2.45, 2.75) is 6.54 Å². The van der Waals surface area contributed by atoms with Gasteiger partial charge in [-0.3, -0.25) is 0 Å². The topological polar surface area (TPSA) is 30.5 Å². The lowest BCUT2D eigenvalue weighted by Gasteiger charge is -2.07. The summed E-state index contributed by atoms with van der Waals surface area (Å²) in [5.41, 5.74) is 1.19. The molecule has 0 unspecified atom stereocenters. The molecule has 0 aliphatic carbocycles. The molecule has 1 N–H and O–H groups in total. The maximum absolute atomic E-state index is 5.55. The molecule has 4 heteroatoms. The number of hydrogen-bond donors (Lipinski definition) is 1. The third-order valence-corrected chi connectivity index (χ3v) is 2.13. The highest BCUT2D eigenvalue weighted by Gasteiger charge is 2.08. The molecule has 0 atom stereocenters. The van der Waals surface area contributed by atoms with Crippen molar-refractivity contribution in [3.63, 3.8) is 0 Å². The molecule has 0 spiro atoms. The van der Waals surface area contributed by atoms with Crippen LogP contribution in [0, 0.1) is 0 Å². The molecule has 1 aromatic rings. The third-order valence-electron chi connectivity index (χ3n) is 2.13. The van der Waals surface area contributed by atoms with Gasteiger partial charge in [-0.2, -0.15) is 0 Å². The average molecular weight is 216 g/mol. The van der Waals surface area contributed by atoms with E-state index in [1.807, 2.05) is 18.2 Å². The van der Waals surface area contributed by atoms with E-state index in [9.17, 15) is 0 Å². The van der Waals surface area contributed by atoms with Crippen LogP contribution >= 0.6 is 12.4 Å². The molecule has 3 nitrogen and oxygen atoms in total. The second kappa shape index (κ2) is 5.08. The number of nitrogens with one attached hydrogen (secondary N) is 1. The Bertz CT molecular complexity index is 304. The molecule has 0 saturated heterocycles. The first kappa shape index (κ1) is 11.1. The van der Waals surface area contributed by atoms with Crippen molar-refractivity contribution in [1.29, 1.82) is 0 Å². The number of fused-ring (bicyclic) bond motifs is 1. The Morgan fingerprint density at radius 3 is 3.07 bits per heavy atom. The Kier molecular flexibility index (Phi) is 4.04. The van der Waals surface area contributed by atoms with Crippen molar-refractivity contribution in [1.82, 2.24) is 5.32 Å². The van der Waals surface area contributed by atoms with E-state index in [-0.39, 0.29) is 12.4 Å². The fourth-order valence-corrected chi connectivity index (χ4v) is 1.40. The number of hydrogen-bond acceptors (Lipinski definition) is 3. The van der Waals surface area contributed by atoms with Crippen LogP contribution in [0.25, 0.3) is 0 Å². The molecule has 0 amide bonds. The van der Waals surface area contributed by atoms with E-state index in [2.05, 4.69) is 5.32 Å². The highest BCUT2D eigenvalue weighted by atomic mass is 35.5. The summed E-state index contributed by atoms with van der Waals surface area (Å²) in [6, 6.07) is 5.92. The van der Waals surface area contributed by atoms with Crippen molar-refractivity contribution < 1.29 is 9.47 Å². The van der Waals surface area contributed by atoms with Crippen LogP contribution in [-0.2, 0) is 6.54 Å². The van der Waals surface area contributed by atoms with Crippen LogP contribution in [0.4, 0.5) is 0 Å². The summed E-state index contributed by atoms with van der Waals surface area (Å²) in [6.45, 7) is 2.50. The molecule has 14 heavy (non-hydrogen) atoms. The average Bonchev–Trinajstić information content (AvgIpc) is 2.41. The SMILES string of the molecule is COc1ccc2c(c1)OCCNC2.Cl. The van der Waals surface area contributed by atoms with Gasteiger partial charge in [0.2, 0.25) is 0 Å². The van der Waals surface area contributed by atoms with E-state index in [0.29, 0.717) is 0 Å². The minimum Gasteiger partial charge on any atom is -0.497 e. The van der Waals surface area contributed by atoms with E-state index in [0.717, 1.165) is 31.2 Å². The van der Waals surface area contributed by atoms with Gasteiger partial charge in [-0.05, 0) is 6.07 Å². The van der Waals surface area contributed by atoms with E-state index < -0.39 is 0 Å². The Balaban J connectivity index is 0.000000980. The lowest BCUT2D eigenvalue weighted by atomic mass is 10.2. The molecule has 1 heterocycles. The first-order valence-corrected chi connectivity index (χ1v) is 4.40. The quantitative estimate of drug-likeness (QED) is 0.772. The van der Waals surface area contributed by atoms with E-state index in [1.54, 1.807) is 7.11 Å². The Hall–Kier alpha value is -0.930. The first-order valence-electron chi connectivity index (χ1n) is 4.40. The minimum atomic E-state index is 0. The maximum atomic E-state index is 5.55. The summed E-state index contributed by atoms with van der Waals surface area (Å²) in [4.78, 5) is 0. The van der Waals surface area contributed by atoms with Gasteiger partial charge in [-0.15, -0.1) is 12.4 Å². The number of rotatable bonds is 1. The van der Waals surface area contributed by atoms with Gasteiger partial charge in [0, 0.05) is 24.7 Å². The summed E-state index contributed by atoms with van der Waals surface area (Å²) < 4.78 is 10.7. The second-order valence-electron chi connectivity index (χ2n) is 3.00. The molecule has 0 fully saturated rings. The minimum absolute atomic E-state index is 0. The third kappa shape index (κ3) is 2.30. The van der Waals surface area contributed by atoms with Crippen LogP contribution in [0.1, 0.15) is 5.56 Å². The molecule has 1 aliphatic heterocycles. The molecule has 0 radical (unpaired) electrons. The van der Waals surface area contributed by atoms with E-state index >= 15 is 0 Å². The number of methoxy groups -OCH3 is 1. The van der Waals surface area contributed by atoms with Crippen molar-refractivity contribution >= 4 is 12.4 Å². The van der Waals surface area contributed by atoms with Gasteiger partial charge in [0.25, 0.3) is 0 Å². The first-order chi connectivity index (χ1) is 6.40. The molecule has 0 saturated carbocycles. The van der Waals surface area contributed by atoms with Gasteiger partial charge in [0.15, 0.2) is 0 Å². The summed E-state index contributed by atoms with van der Waals surface area (Å²) in [5, 5.41) is 3.28. The smallest absolute Gasteiger partial charge is 0.127 e. The van der Waals surface area contributed by atoms with Crippen LogP contribution in [0.2, 0.25) is 0 Å².